The number of carbonyl (C=O) groups is 2. The molecule has 28 heavy (non-hydrogen) atoms. The molecule has 150 valence electrons. The van der Waals surface area contributed by atoms with Crippen molar-refractivity contribution in [2.75, 3.05) is 13.7 Å². The van der Waals surface area contributed by atoms with E-state index in [1.54, 1.807) is 11.2 Å². The number of fused-ring (bicyclic) bond motifs is 1. The Morgan fingerprint density at radius 3 is 2.75 bits per heavy atom. The summed E-state index contributed by atoms with van der Waals surface area (Å²) in [7, 11) is 1.34. The number of ether oxygens (including phenoxy) is 1. The van der Waals surface area contributed by atoms with Gasteiger partial charge >= 0.3 is 12.0 Å². The highest BCUT2D eigenvalue weighted by Crippen LogP contribution is 2.34. The summed E-state index contributed by atoms with van der Waals surface area (Å²) < 4.78 is 5.86. The van der Waals surface area contributed by atoms with Crippen LogP contribution in [-0.2, 0) is 16.0 Å². The largest absolute Gasteiger partial charge is 0.467 e. The topological polar surface area (TPSA) is 87.3 Å². The number of benzene rings is 1. The molecule has 0 saturated carbocycles. The molecule has 3 atom stereocenters. The Morgan fingerprint density at radius 2 is 2.11 bits per heavy atom. The van der Waals surface area contributed by atoms with E-state index >= 15 is 0 Å². The van der Waals surface area contributed by atoms with Gasteiger partial charge in [-0.05, 0) is 23.6 Å². The normalized spacial score (nSPS) is 18.1. The van der Waals surface area contributed by atoms with E-state index in [1.165, 1.54) is 7.11 Å². The first kappa shape index (κ1) is 20.4. The fourth-order valence-electron chi connectivity index (χ4n) is 3.49. The van der Waals surface area contributed by atoms with E-state index < -0.39 is 12.0 Å². The van der Waals surface area contributed by atoms with Crippen LogP contribution in [0, 0.1) is 5.92 Å². The molecule has 3 rings (SSSR count). The Kier molecular flexibility index (Phi) is 6.39. The number of carbonyl (C=O) groups excluding carboxylic acids is 2. The summed E-state index contributed by atoms with van der Waals surface area (Å²) in [6.07, 6.45) is 3.09. The Labute approximate surface area is 173 Å². The molecule has 0 bridgehead atoms. The number of aromatic amines is 1. The standard InChI is InChI=1S/C20H25BrN4O3/c1-4-12(2)16(19(26)28-3)24-20(27)25-10-9-15-17(23-11-22-15)18(25)13-5-7-14(21)8-6-13/h5-8,11-12,16,18H,4,9-10H2,1-3H3,(H,22,23)(H,24,27)/t12-,16-,18-/m0/s1. The quantitative estimate of drug-likeness (QED) is 0.685. The maximum absolute atomic E-state index is 13.2. The van der Waals surface area contributed by atoms with Gasteiger partial charge in [-0.25, -0.2) is 14.6 Å². The number of urea groups is 1. The van der Waals surface area contributed by atoms with Crippen molar-refractivity contribution >= 4 is 27.9 Å². The highest BCUT2D eigenvalue weighted by atomic mass is 79.9. The van der Waals surface area contributed by atoms with Crippen LogP contribution in [0.5, 0.6) is 0 Å². The first-order chi connectivity index (χ1) is 13.5. The lowest BCUT2D eigenvalue weighted by Crippen LogP contribution is -2.53. The minimum Gasteiger partial charge on any atom is -0.467 e. The number of rotatable bonds is 5. The van der Waals surface area contributed by atoms with E-state index in [9.17, 15) is 9.59 Å². The van der Waals surface area contributed by atoms with Gasteiger partial charge in [0.1, 0.15) is 12.1 Å². The third-order valence-electron chi connectivity index (χ3n) is 5.32. The number of amides is 2. The van der Waals surface area contributed by atoms with Crippen LogP contribution in [0.25, 0.3) is 0 Å². The van der Waals surface area contributed by atoms with E-state index in [0.717, 1.165) is 27.8 Å². The molecule has 1 aromatic heterocycles. The van der Waals surface area contributed by atoms with Crippen molar-refractivity contribution in [3.8, 4) is 0 Å². The average Bonchev–Trinajstić information content (AvgIpc) is 3.19. The van der Waals surface area contributed by atoms with Crippen LogP contribution in [-0.4, -0.2) is 46.6 Å². The zero-order chi connectivity index (χ0) is 20.3. The summed E-state index contributed by atoms with van der Waals surface area (Å²) in [4.78, 5) is 34.8. The number of halogens is 1. The fourth-order valence-corrected chi connectivity index (χ4v) is 3.75. The molecule has 0 spiro atoms. The van der Waals surface area contributed by atoms with Crippen molar-refractivity contribution in [2.45, 2.75) is 38.8 Å². The average molecular weight is 449 g/mol. The van der Waals surface area contributed by atoms with Gasteiger partial charge in [0, 0.05) is 23.1 Å². The fraction of sp³-hybridized carbons (Fsp3) is 0.450. The Bertz CT molecular complexity index is 836. The molecule has 1 aliphatic rings. The number of esters is 1. The lowest BCUT2D eigenvalue weighted by Gasteiger charge is -2.36. The number of hydrogen-bond donors (Lipinski definition) is 2. The van der Waals surface area contributed by atoms with Gasteiger partial charge in [-0.3, -0.25) is 0 Å². The molecule has 2 N–H and O–H groups in total. The minimum absolute atomic E-state index is 0.0340. The predicted molar refractivity (Wildman–Crippen MR) is 109 cm³/mol. The zero-order valence-corrected chi connectivity index (χ0v) is 17.8. The predicted octanol–water partition coefficient (Wildman–Crippen LogP) is 3.42. The molecule has 1 aromatic carbocycles. The van der Waals surface area contributed by atoms with Gasteiger partial charge in [0.15, 0.2) is 0 Å². The summed E-state index contributed by atoms with van der Waals surface area (Å²) in [5.41, 5.74) is 2.83. The van der Waals surface area contributed by atoms with Crippen molar-refractivity contribution in [3.63, 3.8) is 0 Å². The number of methoxy groups -OCH3 is 1. The monoisotopic (exact) mass is 448 g/mol. The van der Waals surface area contributed by atoms with Gasteiger partial charge in [-0.15, -0.1) is 0 Å². The summed E-state index contributed by atoms with van der Waals surface area (Å²) >= 11 is 3.45. The van der Waals surface area contributed by atoms with Crippen LogP contribution >= 0.6 is 15.9 Å². The molecule has 7 nitrogen and oxygen atoms in total. The molecular formula is C20H25BrN4O3. The SMILES string of the molecule is CC[C@H](C)[C@H](NC(=O)N1CCc2[nH]cnc2[C@@H]1c1ccc(Br)cc1)C(=O)OC. The van der Waals surface area contributed by atoms with E-state index in [0.29, 0.717) is 13.0 Å². The van der Waals surface area contributed by atoms with Crippen LogP contribution in [0.15, 0.2) is 35.1 Å². The Hall–Kier alpha value is -2.35. The van der Waals surface area contributed by atoms with E-state index in [2.05, 4.69) is 31.2 Å². The van der Waals surface area contributed by atoms with Crippen molar-refractivity contribution in [2.24, 2.45) is 5.92 Å². The summed E-state index contributed by atoms with van der Waals surface area (Å²) in [5.74, 6) is -0.464. The van der Waals surface area contributed by atoms with Crippen LogP contribution < -0.4 is 5.32 Å². The number of hydrogen-bond acceptors (Lipinski definition) is 4. The summed E-state index contributed by atoms with van der Waals surface area (Å²) in [6, 6.07) is 6.55. The molecule has 0 radical (unpaired) electrons. The van der Waals surface area contributed by atoms with Gasteiger partial charge in [0.25, 0.3) is 0 Å². The van der Waals surface area contributed by atoms with Gasteiger partial charge in [0.2, 0.25) is 0 Å². The van der Waals surface area contributed by atoms with Gasteiger partial charge in [0.05, 0.1) is 19.1 Å². The molecule has 0 aliphatic carbocycles. The van der Waals surface area contributed by atoms with Crippen LogP contribution in [0.3, 0.4) is 0 Å². The van der Waals surface area contributed by atoms with Crippen LogP contribution in [0.1, 0.15) is 43.3 Å². The number of nitrogens with one attached hydrogen (secondary N) is 2. The lowest BCUT2D eigenvalue weighted by atomic mass is 9.95. The summed E-state index contributed by atoms with van der Waals surface area (Å²) in [6.45, 7) is 4.43. The molecule has 8 heteroatoms. The third-order valence-corrected chi connectivity index (χ3v) is 5.85. The van der Waals surface area contributed by atoms with Crippen molar-refractivity contribution in [1.29, 1.82) is 0 Å². The zero-order valence-electron chi connectivity index (χ0n) is 16.2. The van der Waals surface area contributed by atoms with Gasteiger partial charge in [-0.1, -0.05) is 48.3 Å². The molecule has 1 aliphatic heterocycles. The molecule has 0 fully saturated rings. The van der Waals surface area contributed by atoms with E-state index in [-0.39, 0.29) is 18.0 Å². The second-order valence-electron chi connectivity index (χ2n) is 7.00. The molecule has 0 saturated heterocycles. The third kappa shape index (κ3) is 4.06. The minimum atomic E-state index is -0.686. The Morgan fingerprint density at radius 1 is 1.39 bits per heavy atom. The molecule has 2 heterocycles. The summed E-state index contributed by atoms with van der Waals surface area (Å²) in [5, 5.41) is 2.89. The maximum Gasteiger partial charge on any atom is 0.328 e. The maximum atomic E-state index is 13.2. The number of aromatic nitrogens is 2. The van der Waals surface area contributed by atoms with Crippen molar-refractivity contribution in [1.82, 2.24) is 20.2 Å². The smallest absolute Gasteiger partial charge is 0.328 e. The van der Waals surface area contributed by atoms with Gasteiger partial charge < -0.3 is 19.9 Å². The van der Waals surface area contributed by atoms with Gasteiger partial charge in [-0.2, -0.15) is 0 Å². The van der Waals surface area contributed by atoms with Crippen LogP contribution in [0.2, 0.25) is 0 Å². The van der Waals surface area contributed by atoms with E-state index in [1.807, 2.05) is 38.1 Å². The second kappa shape index (κ2) is 8.77. The van der Waals surface area contributed by atoms with E-state index in [4.69, 9.17) is 4.74 Å². The molecular weight excluding hydrogens is 424 g/mol. The first-order valence-electron chi connectivity index (χ1n) is 9.38. The molecule has 2 amide bonds. The first-order valence-corrected chi connectivity index (χ1v) is 10.2. The van der Waals surface area contributed by atoms with Crippen LogP contribution in [0.4, 0.5) is 4.79 Å². The number of imidazole rings is 1. The lowest BCUT2D eigenvalue weighted by molar-refractivity contribution is -0.144. The highest BCUT2D eigenvalue weighted by Gasteiger charge is 2.36. The van der Waals surface area contributed by atoms with Crippen molar-refractivity contribution < 1.29 is 14.3 Å². The Balaban J connectivity index is 1.91. The molecule has 2 aromatic rings. The number of nitrogens with zero attached hydrogens (tertiary/aromatic N) is 2. The number of H-pyrrole nitrogens is 1. The molecule has 0 unspecified atom stereocenters. The van der Waals surface area contributed by atoms with Crippen molar-refractivity contribution in [3.05, 3.63) is 52.0 Å². The second-order valence-corrected chi connectivity index (χ2v) is 7.92. The highest BCUT2D eigenvalue weighted by molar-refractivity contribution is 9.10.